The molecule has 1 atom stereocenters. The first-order valence-electron chi connectivity index (χ1n) is 5.39. The van der Waals surface area contributed by atoms with Crippen LogP contribution in [-0.2, 0) is 20.8 Å². The van der Waals surface area contributed by atoms with Crippen molar-refractivity contribution in [1.29, 1.82) is 0 Å². The van der Waals surface area contributed by atoms with Gasteiger partial charge in [-0.1, -0.05) is 0 Å². The van der Waals surface area contributed by atoms with Gasteiger partial charge in [-0.3, -0.25) is 14.1 Å². The van der Waals surface area contributed by atoms with Gasteiger partial charge >= 0.3 is 0 Å². The van der Waals surface area contributed by atoms with Gasteiger partial charge in [-0.2, -0.15) is 5.10 Å². The Hall–Kier alpha value is -1.26. The van der Waals surface area contributed by atoms with Crippen molar-refractivity contribution in [2.45, 2.75) is 18.2 Å². The Kier molecular flexibility index (Phi) is 5.20. The van der Waals surface area contributed by atoms with Crippen LogP contribution in [0.4, 0.5) is 0 Å². The molecule has 0 saturated heterocycles. The average Bonchev–Trinajstić information content (AvgIpc) is 2.65. The molecule has 0 fully saturated rings. The fourth-order valence-electron chi connectivity index (χ4n) is 1.48. The lowest BCUT2D eigenvalue weighted by Gasteiger charge is -2.04. The van der Waals surface area contributed by atoms with Gasteiger partial charge in [0.25, 0.3) is 5.91 Å². The number of aryl methyl sites for hydroxylation is 1. The Balaban J connectivity index is 2.76. The van der Waals surface area contributed by atoms with Crippen molar-refractivity contribution >= 4 is 26.7 Å². The third-order valence-electron chi connectivity index (χ3n) is 2.28. The average molecular weight is 308 g/mol. The Labute approximate surface area is 113 Å². The van der Waals surface area contributed by atoms with E-state index in [-0.39, 0.29) is 22.8 Å². The molecule has 108 valence electrons. The molecule has 0 aliphatic heterocycles. The van der Waals surface area contributed by atoms with E-state index < -0.39 is 26.7 Å². The normalized spacial score (nSPS) is 13.2. The molecule has 0 aliphatic carbocycles. The van der Waals surface area contributed by atoms with Crippen molar-refractivity contribution in [3.63, 3.8) is 0 Å². The number of carbonyl (C=O) groups is 1. The predicted molar refractivity (Wildman–Crippen MR) is 70.6 cm³/mol. The SMILES string of the molecule is Cc1[nH]nc(C(=O)NCCCS(C)=O)c1S(N)(=O)=O. The van der Waals surface area contributed by atoms with E-state index in [9.17, 15) is 17.4 Å². The van der Waals surface area contributed by atoms with E-state index >= 15 is 0 Å². The molecule has 0 radical (unpaired) electrons. The van der Waals surface area contributed by atoms with Crippen molar-refractivity contribution in [3.8, 4) is 0 Å². The zero-order valence-electron chi connectivity index (χ0n) is 10.6. The van der Waals surface area contributed by atoms with Crippen molar-refractivity contribution < 1.29 is 17.4 Å². The number of amides is 1. The second kappa shape index (κ2) is 6.26. The zero-order chi connectivity index (χ0) is 14.6. The van der Waals surface area contributed by atoms with Gasteiger partial charge in [-0.15, -0.1) is 0 Å². The summed E-state index contributed by atoms with van der Waals surface area (Å²) in [5.74, 6) is -0.169. The number of aromatic amines is 1. The third-order valence-corrected chi connectivity index (χ3v) is 4.22. The molecular weight excluding hydrogens is 292 g/mol. The quantitative estimate of drug-likeness (QED) is 0.571. The molecule has 19 heavy (non-hydrogen) atoms. The van der Waals surface area contributed by atoms with Crippen molar-refractivity contribution in [1.82, 2.24) is 15.5 Å². The summed E-state index contributed by atoms with van der Waals surface area (Å²) < 4.78 is 33.5. The molecule has 10 heteroatoms. The first-order valence-corrected chi connectivity index (χ1v) is 8.67. The summed E-state index contributed by atoms with van der Waals surface area (Å²) in [6.45, 7) is 1.75. The molecule has 1 unspecified atom stereocenters. The number of rotatable bonds is 6. The smallest absolute Gasteiger partial charge is 0.273 e. The summed E-state index contributed by atoms with van der Waals surface area (Å²) in [6, 6.07) is 0. The topological polar surface area (TPSA) is 135 Å². The standard InChI is InChI=1S/C9H16N4O4S2/c1-6-8(19(10,16)17)7(13-12-6)9(14)11-4-3-5-18(2)15/h3-5H2,1-2H3,(H,11,14)(H,12,13)(H2,10,16,17). The summed E-state index contributed by atoms with van der Waals surface area (Å²) in [5.41, 5.74) is -0.0417. The van der Waals surface area contributed by atoms with Gasteiger partial charge in [0.2, 0.25) is 10.0 Å². The van der Waals surface area contributed by atoms with E-state index in [4.69, 9.17) is 5.14 Å². The highest BCUT2D eigenvalue weighted by molar-refractivity contribution is 7.89. The molecular formula is C9H16N4O4S2. The third kappa shape index (κ3) is 4.40. The van der Waals surface area contributed by atoms with Gasteiger partial charge in [-0.05, 0) is 13.3 Å². The number of sulfonamides is 1. The Bertz CT molecular complexity index is 593. The van der Waals surface area contributed by atoms with E-state index in [1.54, 1.807) is 6.26 Å². The summed E-state index contributed by atoms with van der Waals surface area (Å²) in [4.78, 5) is 11.5. The molecule has 1 aromatic rings. The zero-order valence-corrected chi connectivity index (χ0v) is 12.2. The Morgan fingerprint density at radius 3 is 2.68 bits per heavy atom. The minimum Gasteiger partial charge on any atom is -0.351 e. The molecule has 1 aromatic heterocycles. The lowest BCUT2D eigenvalue weighted by atomic mass is 10.3. The summed E-state index contributed by atoms with van der Waals surface area (Å²) in [5, 5.41) is 13.6. The molecule has 0 saturated carbocycles. The molecule has 0 bridgehead atoms. The molecule has 1 heterocycles. The van der Waals surface area contributed by atoms with Crippen LogP contribution >= 0.6 is 0 Å². The summed E-state index contributed by atoms with van der Waals surface area (Å²) in [6.07, 6.45) is 2.10. The number of nitrogens with two attached hydrogens (primary N) is 1. The second-order valence-corrected chi connectivity index (χ2v) is 7.01. The summed E-state index contributed by atoms with van der Waals surface area (Å²) >= 11 is 0. The molecule has 0 spiro atoms. The fraction of sp³-hybridized carbons (Fsp3) is 0.556. The molecule has 8 nitrogen and oxygen atoms in total. The van der Waals surface area contributed by atoms with Gasteiger partial charge in [0.05, 0.1) is 5.69 Å². The number of carbonyl (C=O) groups excluding carboxylic acids is 1. The molecule has 0 aromatic carbocycles. The first-order chi connectivity index (χ1) is 8.73. The van der Waals surface area contributed by atoms with Gasteiger partial charge in [0.1, 0.15) is 4.90 Å². The van der Waals surface area contributed by atoms with Crippen LogP contribution in [0.15, 0.2) is 4.90 Å². The fourth-order valence-corrected chi connectivity index (χ4v) is 2.91. The summed E-state index contributed by atoms with van der Waals surface area (Å²) in [7, 11) is -4.94. The molecule has 4 N–H and O–H groups in total. The van der Waals surface area contributed by atoms with Gasteiger partial charge in [-0.25, -0.2) is 13.6 Å². The maximum Gasteiger partial charge on any atom is 0.273 e. The van der Waals surface area contributed by atoms with Gasteiger partial charge in [0.15, 0.2) is 5.69 Å². The number of aromatic nitrogens is 2. The van der Waals surface area contributed by atoms with E-state index in [1.165, 1.54) is 6.92 Å². The van der Waals surface area contributed by atoms with Crippen LogP contribution in [0.3, 0.4) is 0 Å². The van der Waals surface area contributed by atoms with Crippen molar-refractivity contribution in [2.75, 3.05) is 18.6 Å². The van der Waals surface area contributed by atoms with Crippen LogP contribution in [0.25, 0.3) is 0 Å². The highest BCUT2D eigenvalue weighted by Crippen LogP contribution is 2.15. The molecule has 1 rings (SSSR count). The maximum absolute atomic E-state index is 11.8. The van der Waals surface area contributed by atoms with Crippen LogP contribution in [0.1, 0.15) is 22.6 Å². The molecule has 1 amide bonds. The number of H-pyrrole nitrogens is 1. The predicted octanol–water partition coefficient (Wildman–Crippen LogP) is -1.14. The number of nitrogens with zero attached hydrogens (tertiary/aromatic N) is 1. The van der Waals surface area contributed by atoms with Crippen LogP contribution < -0.4 is 10.5 Å². The minimum absolute atomic E-state index is 0.210. The van der Waals surface area contributed by atoms with Gasteiger partial charge in [0, 0.05) is 29.4 Å². The lowest BCUT2D eigenvalue weighted by molar-refractivity contribution is 0.0945. The second-order valence-electron chi connectivity index (χ2n) is 3.96. The van der Waals surface area contributed by atoms with Crippen LogP contribution in [0.2, 0.25) is 0 Å². The number of primary sulfonamides is 1. The maximum atomic E-state index is 11.8. The Morgan fingerprint density at radius 2 is 2.16 bits per heavy atom. The monoisotopic (exact) mass is 308 g/mol. The number of hydrogen-bond donors (Lipinski definition) is 3. The van der Waals surface area contributed by atoms with E-state index in [0.717, 1.165) is 0 Å². The van der Waals surface area contributed by atoms with Crippen molar-refractivity contribution in [3.05, 3.63) is 11.4 Å². The van der Waals surface area contributed by atoms with E-state index in [1.807, 2.05) is 0 Å². The van der Waals surface area contributed by atoms with Crippen LogP contribution in [0.5, 0.6) is 0 Å². The first kappa shape index (κ1) is 15.8. The van der Waals surface area contributed by atoms with Crippen molar-refractivity contribution in [2.24, 2.45) is 5.14 Å². The van der Waals surface area contributed by atoms with E-state index in [2.05, 4.69) is 15.5 Å². The number of nitrogens with one attached hydrogen (secondary N) is 2. The largest absolute Gasteiger partial charge is 0.351 e. The highest BCUT2D eigenvalue weighted by Gasteiger charge is 2.25. The van der Waals surface area contributed by atoms with Crippen LogP contribution in [-0.4, -0.2) is 47.3 Å². The van der Waals surface area contributed by atoms with Crippen LogP contribution in [0, 0.1) is 6.92 Å². The molecule has 0 aliphatic rings. The lowest BCUT2D eigenvalue weighted by Crippen LogP contribution is -2.28. The minimum atomic E-state index is -4.01. The van der Waals surface area contributed by atoms with Gasteiger partial charge < -0.3 is 5.32 Å². The Morgan fingerprint density at radius 1 is 1.53 bits per heavy atom. The number of hydrogen-bond acceptors (Lipinski definition) is 5. The van der Waals surface area contributed by atoms with E-state index in [0.29, 0.717) is 12.2 Å². The highest BCUT2D eigenvalue weighted by atomic mass is 32.2.